The lowest BCUT2D eigenvalue weighted by molar-refractivity contribution is -0.143. The van der Waals surface area contributed by atoms with E-state index >= 15 is 0 Å². The second-order valence-electron chi connectivity index (χ2n) is 4.29. The molecule has 1 nitrogen and oxygen atoms in total. The highest BCUT2D eigenvalue weighted by molar-refractivity contribution is 5.21. The van der Waals surface area contributed by atoms with E-state index in [1.807, 2.05) is 0 Å². The highest BCUT2D eigenvalue weighted by atomic mass is 19.4. The molecule has 102 valence electrons. The zero-order valence-electron chi connectivity index (χ0n) is 10.4. The van der Waals surface area contributed by atoms with Crippen molar-refractivity contribution in [2.24, 2.45) is 0 Å². The van der Waals surface area contributed by atoms with Crippen LogP contribution in [0.1, 0.15) is 50.3 Å². The second kappa shape index (κ2) is 6.71. The van der Waals surface area contributed by atoms with Gasteiger partial charge in [-0.25, -0.2) is 9.37 Å². The van der Waals surface area contributed by atoms with Crippen molar-refractivity contribution >= 4 is 0 Å². The summed E-state index contributed by atoms with van der Waals surface area (Å²) in [5, 5.41) is 0. The molecular formula is C13H17F4N. The third-order valence-corrected chi connectivity index (χ3v) is 2.79. The van der Waals surface area contributed by atoms with E-state index in [0.717, 1.165) is 31.9 Å². The zero-order valence-corrected chi connectivity index (χ0v) is 10.4. The van der Waals surface area contributed by atoms with E-state index in [0.29, 0.717) is 12.8 Å². The highest BCUT2D eigenvalue weighted by Crippen LogP contribution is 2.30. The SMILES string of the molecule is CCCCCCCc1ccnc(C(F)(F)F)c1F. The van der Waals surface area contributed by atoms with Crippen molar-refractivity contribution in [1.29, 1.82) is 0 Å². The van der Waals surface area contributed by atoms with Crippen LogP contribution in [0.3, 0.4) is 0 Å². The third kappa shape index (κ3) is 4.27. The van der Waals surface area contributed by atoms with E-state index in [4.69, 9.17) is 0 Å². The van der Waals surface area contributed by atoms with Crippen molar-refractivity contribution in [1.82, 2.24) is 4.98 Å². The van der Waals surface area contributed by atoms with Gasteiger partial charge in [0.25, 0.3) is 0 Å². The summed E-state index contributed by atoms with van der Waals surface area (Å²) in [6.45, 7) is 2.08. The average molecular weight is 263 g/mol. The van der Waals surface area contributed by atoms with Gasteiger partial charge in [-0.2, -0.15) is 13.2 Å². The van der Waals surface area contributed by atoms with Crippen LogP contribution in [0.15, 0.2) is 12.3 Å². The van der Waals surface area contributed by atoms with E-state index < -0.39 is 17.7 Å². The molecule has 0 unspecified atom stereocenters. The lowest BCUT2D eigenvalue weighted by Crippen LogP contribution is -2.12. The van der Waals surface area contributed by atoms with Crippen LogP contribution in [0.2, 0.25) is 0 Å². The summed E-state index contributed by atoms with van der Waals surface area (Å²) < 4.78 is 50.8. The minimum Gasteiger partial charge on any atom is -0.249 e. The molecule has 5 heteroatoms. The number of unbranched alkanes of at least 4 members (excludes halogenated alkanes) is 4. The fourth-order valence-electron chi connectivity index (χ4n) is 1.79. The summed E-state index contributed by atoms with van der Waals surface area (Å²) in [4.78, 5) is 3.07. The predicted octanol–water partition coefficient (Wildman–Crippen LogP) is 4.75. The molecule has 1 aromatic rings. The maximum absolute atomic E-state index is 13.6. The minimum atomic E-state index is -4.72. The molecule has 0 aliphatic heterocycles. The van der Waals surface area contributed by atoms with Crippen molar-refractivity contribution in [3.05, 3.63) is 29.3 Å². The van der Waals surface area contributed by atoms with Gasteiger partial charge in [-0.15, -0.1) is 0 Å². The van der Waals surface area contributed by atoms with Gasteiger partial charge in [0.2, 0.25) is 0 Å². The molecule has 0 aliphatic rings. The summed E-state index contributed by atoms with van der Waals surface area (Å²) in [7, 11) is 0. The van der Waals surface area contributed by atoms with Gasteiger partial charge in [0.05, 0.1) is 0 Å². The Morgan fingerprint density at radius 2 is 1.78 bits per heavy atom. The molecule has 1 aromatic heterocycles. The van der Waals surface area contributed by atoms with Crippen LogP contribution in [0.5, 0.6) is 0 Å². The van der Waals surface area contributed by atoms with Gasteiger partial charge in [0.1, 0.15) is 0 Å². The molecule has 0 spiro atoms. The van der Waals surface area contributed by atoms with Gasteiger partial charge in [-0.05, 0) is 24.5 Å². The molecule has 1 heterocycles. The smallest absolute Gasteiger partial charge is 0.249 e. The Kier molecular flexibility index (Phi) is 5.56. The molecule has 0 bridgehead atoms. The van der Waals surface area contributed by atoms with E-state index in [2.05, 4.69) is 11.9 Å². The van der Waals surface area contributed by atoms with E-state index in [-0.39, 0.29) is 5.56 Å². The Morgan fingerprint density at radius 3 is 2.39 bits per heavy atom. The zero-order chi connectivity index (χ0) is 13.6. The third-order valence-electron chi connectivity index (χ3n) is 2.79. The average Bonchev–Trinajstić information content (AvgIpc) is 2.29. The summed E-state index contributed by atoms with van der Waals surface area (Å²) in [5.41, 5.74) is -1.30. The van der Waals surface area contributed by atoms with Gasteiger partial charge in [-0.3, -0.25) is 0 Å². The van der Waals surface area contributed by atoms with Crippen molar-refractivity contribution in [3.63, 3.8) is 0 Å². The fraction of sp³-hybridized carbons (Fsp3) is 0.615. The van der Waals surface area contributed by atoms with Gasteiger partial charge >= 0.3 is 6.18 Å². The number of hydrogen-bond donors (Lipinski definition) is 0. The lowest BCUT2D eigenvalue weighted by atomic mass is 10.1. The van der Waals surface area contributed by atoms with Gasteiger partial charge in [-0.1, -0.05) is 32.6 Å². The van der Waals surface area contributed by atoms with Crippen molar-refractivity contribution in [2.45, 2.75) is 51.6 Å². The van der Waals surface area contributed by atoms with Crippen LogP contribution in [-0.2, 0) is 12.6 Å². The first-order chi connectivity index (χ1) is 8.46. The Bertz CT molecular complexity index is 374. The van der Waals surface area contributed by atoms with Crippen molar-refractivity contribution < 1.29 is 17.6 Å². The minimum absolute atomic E-state index is 0.105. The lowest BCUT2D eigenvalue weighted by Gasteiger charge is -2.09. The maximum Gasteiger partial charge on any atom is 0.436 e. The molecule has 0 amide bonds. The first kappa shape index (κ1) is 14.9. The molecule has 18 heavy (non-hydrogen) atoms. The van der Waals surface area contributed by atoms with Gasteiger partial charge in [0, 0.05) is 6.20 Å². The molecular weight excluding hydrogens is 246 g/mol. The largest absolute Gasteiger partial charge is 0.436 e. The Morgan fingerprint density at radius 1 is 1.11 bits per heavy atom. The second-order valence-corrected chi connectivity index (χ2v) is 4.29. The summed E-state index contributed by atoms with van der Waals surface area (Å²) in [6, 6.07) is 1.32. The Balaban J connectivity index is 2.62. The van der Waals surface area contributed by atoms with Crippen LogP contribution < -0.4 is 0 Å². The number of halogens is 4. The molecule has 0 aliphatic carbocycles. The van der Waals surface area contributed by atoms with E-state index in [1.165, 1.54) is 6.07 Å². The topological polar surface area (TPSA) is 12.9 Å². The summed E-state index contributed by atoms with van der Waals surface area (Å²) in [6.07, 6.45) is 1.50. The van der Waals surface area contributed by atoms with Crippen LogP contribution >= 0.6 is 0 Å². The molecule has 0 saturated heterocycles. The predicted molar refractivity (Wildman–Crippen MR) is 61.7 cm³/mol. The Labute approximate surface area is 104 Å². The number of pyridine rings is 1. The quantitative estimate of drug-likeness (QED) is 0.533. The normalized spacial score (nSPS) is 11.8. The first-order valence-electron chi connectivity index (χ1n) is 6.17. The first-order valence-corrected chi connectivity index (χ1v) is 6.17. The van der Waals surface area contributed by atoms with E-state index in [1.54, 1.807) is 0 Å². The molecule has 0 saturated carbocycles. The summed E-state index contributed by atoms with van der Waals surface area (Å²) >= 11 is 0. The number of nitrogens with zero attached hydrogens (tertiary/aromatic N) is 1. The number of aryl methyl sites for hydroxylation is 1. The fourth-order valence-corrected chi connectivity index (χ4v) is 1.79. The number of aromatic nitrogens is 1. The van der Waals surface area contributed by atoms with Crippen LogP contribution in [0.4, 0.5) is 17.6 Å². The number of alkyl halides is 3. The van der Waals surface area contributed by atoms with Crippen LogP contribution in [0, 0.1) is 5.82 Å². The van der Waals surface area contributed by atoms with Gasteiger partial charge in [0.15, 0.2) is 11.5 Å². The monoisotopic (exact) mass is 263 g/mol. The number of rotatable bonds is 6. The molecule has 0 fully saturated rings. The molecule has 1 rings (SSSR count). The summed E-state index contributed by atoms with van der Waals surface area (Å²) in [5.74, 6) is -1.22. The van der Waals surface area contributed by atoms with Crippen LogP contribution in [-0.4, -0.2) is 4.98 Å². The standard InChI is InChI=1S/C13H17F4N/c1-2-3-4-5-6-7-10-8-9-18-12(11(10)14)13(15,16)17/h8-9H,2-7H2,1H3. The molecule has 0 aromatic carbocycles. The molecule has 0 radical (unpaired) electrons. The number of hydrogen-bond acceptors (Lipinski definition) is 1. The molecule has 0 N–H and O–H groups in total. The van der Waals surface area contributed by atoms with E-state index in [9.17, 15) is 17.6 Å². The van der Waals surface area contributed by atoms with Crippen molar-refractivity contribution in [3.8, 4) is 0 Å². The van der Waals surface area contributed by atoms with Crippen molar-refractivity contribution in [2.75, 3.05) is 0 Å². The van der Waals surface area contributed by atoms with Gasteiger partial charge < -0.3 is 0 Å². The molecule has 0 atom stereocenters. The Hall–Kier alpha value is -1.13. The van der Waals surface area contributed by atoms with Crippen LogP contribution in [0.25, 0.3) is 0 Å². The highest BCUT2D eigenvalue weighted by Gasteiger charge is 2.36. The maximum atomic E-state index is 13.6.